The first-order chi connectivity index (χ1) is 12.7. The number of benzene rings is 2. The van der Waals surface area contributed by atoms with Crippen molar-refractivity contribution < 1.29 is 14.6 Å². The van der Waals surface area contributed by atoms with Gasteiger partial charge in [0.15, 0.2) is 5.78 Å². The van der Waals surface area contributed by atoms with E-state index in [0.717, 1.165) is 31.2 Å². The molecule has 0 radical (unpaired) electrons. The van der Waals surface area contributed by atoms with Gasteiger partial charge in [0.2, 0.25) is 0 Å². The molecule has 138 valence electrons. The molecule has 1 N–H and O–H groups in total. The van der Waals surface area contributed by atoms with Gasteiger partial charge in [-0.05, 0) is 54.7 Å². The quantitative estimate of drug-likeness (QED) is 0.683. The number of methoxy groups -OCH3 is 1. The molecule has 3 rings (SSSR count). The Morgan fingerprint density at radius 2 is 1.73 bits per heavy atom. The van der Waals surface area contributed by atoms with Crippen molar-refractivity contribution in [3.63, 3.8) is 0 Å². The molecule has 0 aromatic heterocycles. The molecule has 3 nitrogen and oxygen atoms in total. The molecule has 1 aliphatic carbocycles. The molecule has 0 bridgehead atoms. The van der Waals surface area contributed by atoms with Crippen LogP contribution in [0.2, 0.25) is 0 Å². The van der Waals surface area contributed by atoms with Crippen LogP contribution in [0.3, 0.4) is 0 Å². The van der Waals surface area contributed by atoms with Crippen molar-refractivity contribution in [2.75, 3.05) is 7.11 Å². The van der Waals surface area contributed by atoms with Gasteiger partial charge in [-0.2, -0.15) is 0 Å². The zero-order valence-corrected chi connectivity index (χ0v) is 15.5. The molecule has 0 spiro atoms. The SMILES string of the molecule is COCc1ccccc1C(=O)CCC(O)CCC1Cc2ccccc2C1. The molecule has 2 aromatic rings. The smallest absolute Gasteiger partial charge is 0.163 e. The normalized spacial score (nSPS) is 15.0. The maximum atomic E-state index is 12.5. The highest BCUT2D eigenvalue weighted by atomic mass is 16.5. The van der Waals surface area contributed by atoms with Crippen LogP contribution in [0.15, 0.2) is 48.5 Å². The molecule has 0 saturated heterocycles. The maximum Gasteiger partial charge on any atom is 0.163 e. The third-order valence-corrected chi connectivity index (χ3v) is 5.37. The van der Waals surface area contributed by atoms with Crippen LogP contribution in [0.5, 0.6) is 0 Å². The maximum absolute atomic E-state index is 12.5. The number of ether oxygens (including phenoxy) is 1. The Bertz CT molecular complexity index is 713. The van der Waals surface area contributed by atoms with Crippen LogP contribution in [0.1, 0.15) is 52.7 Å². The summed E-state index contributed by atoms with van der Waals surface area (Å²) < 4.78 is 5.16. The molecular formula is C23H28O3. The van der Waals surface area contributed by atoms with E-state index < -0.39 is 6.10 Å². The average Bonchev–Trinajstić information content (AvgIpc) is 3.08. The zero-order valence-electron chi connectivity index (χ0n) is 15.5. The van der Waals surface area contributed by atoms with Gasteiger partial charge in [-0.3, -0.25) is 4.79 Å². The van der Waals surface area contributed by atoms with E-state index in [4.69, 9.17) is 4.74 Å². The molecule has 2 aromatic carbocycles. The van der Waals surface area contributed by atoms with Crippen molar-refractivity contribution in [3.8, 4) is 0 Å². The lowest BCUT2D eigenvalue weighted by Gasteiger charge is -2.14. The van der Waals surface area contributed by atoms with Gasteiger partial charge in [0.1, 0.15) is 0 Å². The van der Waals surface area contributed by atoms with E-state index in [0.29, 0.717) is 30.9 Å². The summed E-state index contributed by atoms with van der Waals surface area (Å²) >= 11 is 0. The zero-order chi connectivity index (χ0) is 18.4. The van der Waals surface area contributed by atoms with E-state index in [-0.39, 0.29) is 5.78 Å². The fourth-order valence-electron chi connectivity index (χ4n) is 3.93. The first kappa shape index (κ1) is 18.8. The Kier molecular flexibility index (Phi) is 6.59. The van der Waals surface area contributed by atoms with Crippen LogP contribution >= 0.6 is 0 Å². The molecule has 26 heavy (non-hydrogen) atoms. The van der Waals surface area contributed by atoms with Crippen LogP contribution in [-0.2, 0) is 24.2 Å². The number of hydrogen-bond donors (Lipinski definition) is 1. The highest BCUT2D eigenvalue weighted by Gasteiger charge is 2.22. The monoisotopic (exact) mass is 352 g/mol. The first-order valence-corrected chi connectivity index (χ1v) is 9.52. The molecule has 0 aliphatic heterocycles. The third kappa shape index (κ3) is 4.80. The number of Topliss-reactive ketones (excluding diaryl/α,β-unsaturated/α-hetero) is 1. The van der Waals surface area contributed by atoms with Crippen molar-refractivity contribution in [2.24, 2.45) is 5.92 Å². The minimum Gasteiger partial charge on any atom is -0.393 e. The predicted octanol–water partition coefficient (Wildman–Crippen LogP) is 4.35. The highest BCUT2D eigenvalue weighted by Crippen LogP contribution is 2.30. The number of carbonyl (C=O) groups is 1. The van der Waals surface area contributed by atoms with E-state index in [9.17, 15) is 9.90 Å². The number of aliphatic hydroxyl groups excluding tert-OH is 1. The number of carbonyl (C=O) groups excluding carboxylic acids is 1. The summed E-state index contributed by atoms with van der Waals surface area (Å²) in [6.07, 6.45) is 4.53. The summed E-state index contributed by atoms with van der Waals surface area (Å²) in [5.74, 6) is 0.713. The highest BCUT2D eigenvalue weighted by molar-refractivity contribution is 5.97. The lowest BCUT2D eigenvalue weighted by atomic mass is 9.95. The fraction of sp³-hybridized carbons (Fsp3) is 0.435. The summed E-state index contributed by atoms with van der Waals surface area (Å²) in [4.78, 5) is 12.5. The predicted molar refractivity (Wildman–Crippen MR) is 103 cm³/mol. The lowest BCUT2D eigenvalue weighted by molar-refractivity contribution is 0.0922. The number of rotatable bonds is 9. The van der Waals surface area contributed by atoms with Gasteiger partial charge in [-0.1, -0.05) is 48.5 Å². The minimum absolute atomic E-state index is 0.0879. The summed E-state index contributed by atoms with van der Waals surface area (Å²) in [5.41, 5.74) is 4.54. The van der Waals surface area contributed by atoms with Crippen LogP contribution in [0.4, 0.5) is 0 Å². The van der Waals surface area contributed by atoms with Gasteiger partial charge >= 0.3 is 0 Å². The van der Waals surface area contributed by atoms with E-state index >= 15 is 0 Å². The van der Waals surface area contributed by atoms with Gasteiger partial charge in [-0.25, -0.2) is 0 Å². The van der Waals surface area contributed by atoms with Crippen molar-refractivity contribution in [1.82, 2.24) is 0 Å². The number of aliphatic hydroxyl groups is 1. The molecule has 1 unspecified atom stereocenters. The molecule has 1 aliphatic rings. The Morgan fingerprint density at radius 3 is 2.42 bits per heavy atom. The van der Waals surface area contributed by atoms with Gasteiger partial charge in [0.05, 0.1) is 12.7 Å². The van der Waals surface area contributed by atoms with Crippen molar-refractivity contribution in [2.45, 2.75) is 51.2 Å². The minimum atomic E-state index is -0.405. The Labute approximate surface area is 156 Å². The van der Waals surface area contributed by atoms with Crippen LogP contribution in [-0.4, -0.2) is 24.1 Å². The molecule has 0 saturated carbocycles. The van der Waals surface area contributed by atoms with Gasteiger partial charge < -0.3 is 9.84 Å². The van der Waals surface area contributed by atoms with Gasteiger partial charge in [-0.15, -0.1) is 0 Å². The summed E-state index contributed by atoms with van der Waals surface area (Å²) in [7, 11) is 1.63. The van der Waals surface area contributed by atoms with E-state index in [1.165, 1.54) is 11.1 Å². The lowest BCUT2D eigenvalue weighted by Crippen LogP contribution is -2.13. The Hall–Kier alpha value is -1.97. The first-order valence-electron chi connectivity index (χ1n) is 9.52. The Morgan fingerprint density at radius 1 is 1.08 bits per heavy atom. The second-order valence-electron chi connectivity index (χ2n) is 7.33. The van der Waals surface area contributed by atoms with Crippen molar-refractivity contribution in [1.29, 1.82) is 0 Å². The topological polar surface area (TPSA) is 46.5 Å². The van der Waals surface area contributed by atoms with Gasteiger partial charge in [0.25, 0.3) is 0 Å². The second kappa shape index (κ2) is 9.11. The van der Waals surface area contributed by atoms with Crippen molar-refractivity contribution >= 4 is 5.78 Å². The summed E-state index contributed by atoms with van der Waals surface area (Å²) in [6, 6.07) is 16.2. The molecule has 0 heterocycles. The van der Waals surface area contributed by atoms with E-state index in [1.54, 1.807) is 7.11 Å². The molecule has 0 fully saturated rings. The van der Waals surface area contributed by atoms with E-state index in [1.807, 2.05) is 24.3 Å². The van der Waals surface area contributed by atoms with Crippen LogP contribution in [0.25, 0.3) is 0 Å². The largest absolute Gasteiger partial charge is 0.393 e. The average molecular weight is 352 g/mol. The third-order valence-electron chi connectivity index (χ3n) is 5.37. The number of ketones is 1. The summed E-state index contributed by atoms with van der Waals surface area (Å²) in [5, 5.41) is 10.3. The van der Waals surface area contributed by atoms with Crippen LogP contribution < -0.4 is 0 Å². The fourth-order valence-corrected chi connectivity index (χ4v) is 3.93. The summed E-state index contributed by atoms with van der Waals surface area (Å²) in [6.45, 7) is 0.437. The molecule has 3 heteroatoms. The van der Waals surface area contributed by atoms with Crippen molar-refractivity contribution in [3.05, 3.63) is 70.8 Å². The van der Waals surface area contributed by atoms with Gasteiger partial charge in [0, 0.05) is 19.1 Å². The second-order valence-corrected chi connectivity index (χ2v) is 7.33. The number of hydrogen-bond acceptors (Lipinski definition) is 3. The molecule has 1 atom stereocenters. The van der Waals surface area contributed by atoms with E-state index in [2.05, 4.69) is 24.3 Å². The molecule has 0 amide bonds. The molecular weight excluding hydrogens is 324 g/mol. The van der Waals surface area contributed by atoms with Crippen LogP contribution in [0, 0.1) is 5.92 Å². The standard InChI is InChI=1S/C23H28O3/c1-26-16-20-8-4-5-9-22(20)23(25)13-12-21(24)11-10-17-14-18-6-2-3-7-19(18)15-17/h2-9,17,21,24H,10-16H2,1H3. The number of fused-ring (bicyclic) bond motifs is 1. The Balaban J connectivity index is 1.43.